The van der Waals surface area contributed by atoms with Gasteiger partial charge in [-0.05, 0) is 64.9 Å². The predicted octanol–water partition coefficient (Wildman–Crippen LogP) is 4.91. The zero-order chi connectivity index (χ0) is 31.1. The van der Waals surface area contributed by atoms with Crippen LogP contribution in [0, 0.1) is 0 Å². The first kappa shape index (κ1) is 24.9. The van der Waals surface area contributed by atoms with E-state index in [1.165, 1.54) is 38.4 Å². The quantitative estimate of drug-likeness (QED) is 0.247. The molecule has 2 aromatic heterocycles. The van der Waals surface area contributed by atoms with E-state index in [0.29, 0.717) is 5.88 Å². The van der Waals surface area contributed by atoms with Crippen molar-refractivity contribution in [1.29, 1.82) is 0 Å². The first-order chi connectivity index (χ1) is 23.8. The molecule has 48 heavy (non-hydrogen) atoms. The third-order valence-electron chi connectivity index (χ3n) is 10.5. The molecule has 0 fully saturated rings. The summed E-state index contributed by atoms with van der Waals surface area (Å²) in [5.41, 5.74) is 12.0. The minimum atomic E-state index is -0.171. The monoisotopic (exact) mass is 612 g/mol. The highest BCUT2D eigenvalue weighted by atomic mass is 16.5. The first-order valence-corrected chi connectivity index (χ1v) is 16.3. The minimum Gasteiger partial charge on any atom is -0.458 e. The van der Waals surface area contributed by atoms with Crippen LogP contribution < -0.4 is 47.4 Å². The number of hydrogen-bond acceptors (Lipinski definition) is 5. The van der Waals surface area contributed by atoms with Crippen molar-refractivity contribution in [2.75, 3.05) is 4.90 Å². The van der Waals surface area contributed by atoms with E-state index in [1.807, 2.05) is 30.3 Å². The Hall–Kier alpha value is -6.27. The van der Waals surface area contributed by atoms with Gasteiger partial charge in [-0.2, -0.15) is 4.98 Å². The van der Waals surface area contributed by atoms with Gasteiger partial charge in [0, 0.05) is 38.8 Å². The molecular weight excluding hydrogens is 590 g/mol. The Morgan fingerprint density at radius 1 is 0.500 bits per heavy atom. The summed E-state index contributed by atoms with van der Waals surface area (Å²) in [4.78, 5) is 13.4. The third-order valence-corrected chi connectivity index (χ3v) is 10.5. The molecule has 12 rings (SSSR count). The summed E-state index contributed by atoms with van der Waals surface area (Å²) in [5, 5.41) is 2.50. The number of para-hydroxylation sites is 4. The first-order valence-electron chi connectivity index (χ1n) is 16.3. The van der Waals surface area contributed by atoms with Crippen molar-refractivity contribution in [2.24, 2.45) is 0 Å². The van der Waals surface area contributed by atoms with Gasteiger partial charge in [-0.25, -0.2) is 0 Å². The lowest BCUT2D eigenvalue weighted by Gasteiger charge is -2.40. The van der Waals surface area contributed by atoms with Crippen molar-refractivity contribution >= 4 is 85.5 Å². The van der Waals surface area contributed by atoms with Crippen LogP contribution in [0.2, 0.25) is 0 Å². The summed E-state index contributed by atoms with van der Waals surface area (Å²) < 4.78 is 15.5. The number of nitrogens with zero attached hydrogens (tertiary/aromatic N) is 4. The summed E-state index contributed by atoms with van der Waals surface area (Å²) in [6.45, 7) is -0.299. The van der Waals surface area contributed by atoms with E-state index in [-0.39, 0.29) is 13.4 Å². The van der Waals surface area contributed by atoms with Gasteiger partial charge in [-0.1, -0.05) is 84.9 Å². The molecule has 0 saturated carbocycles. The summed E-state index contributed by atoms with van der Waals surface area (Å²) in [6, 6.07) is 46.8. The zero-order valence-corrected chi connectivity index (χ0v) is 25.5. The van der Waals surface area contributed by atoms with Crippen LogP contribution in [-0.2, 0) is 0 Å². The van der Waals surface area contributed by atoms with Crippen LogP contribution in [0.4, 0.5) is 17.2 Å². The Bertz CT molecular complexity index is 2730. The fourth-order valence-corrected chi connectivity index (χ4v) is 8.67. The number of rotatable bonds is 1. The van der Waals surface area contributed by atoms with Crippen LogP contribution in [0.25, 0.3) is 27.5 Å². The zero-order valence-electron chi connectivity index (χ0n) is 25.5. The SMILES string of the molecule is c1ccc(N2c3cccc4c3B(c3nc5c(nc32)Oc2cccc3c2B5c2ccccc2O3)c2cccc3c5ccccc5n-4c23)cc1. The van der Waals surface area contributed by atoms with Crippen LogP contribution in [0.15, 0.2) is 133 Å². The Labute approximate surface area is 276 Å². The van der Waals surface area contributed by atoms with Gasteiger partial charge in [0.05, 0.1) is 16.7 Å². The summed E-state index contributed by atoms with van der Waals surface area (Å²) in [6.07, 6.45) is 0. The molecule has 6 nitrogen and oxygen atoms in total. The molecule has 8 heteroatoms. The Balaban J connectivity index is 1.22. The van der Waals surface area contributed by atoms with Gasteiger partial charge >= 0.3 is 0 Å². The van der Waals surface area contributed by atoms with Crippen LogP contribution in [0.1, 0.15) is 0 Å². The Morgan fingerprint density at radius 2 is 1.19 bits per heavy atom. The molecule has 0 aliphatic carbocycles. The van der Waals surface area contributed by atoms with Gasteiger partial charge in [0.2, 0.25) is 5.88 Å². The summed E-state index contributed by atoms with van der Waals surface area (Å²) in [7, 11) is 0. The number of aromatic nitrogens is 3. The fraction of sp³-hybridized carbons (Fsp3) is 0. The van der Waals surface area contributed by atoms with Gasteiger partial charge in [0.15, 0.2) is 5.82 Å². The lowest BCUT2D eigenvalue weighted by atomic mass is 9.34. The standard InChI is InChI=1S/C40H22B2N4O2/c1-2-11-23(12-3-1)45-29-18-9-19-30-34(29)42(27-16-8-14-25-24-13-4-6-17-28(24)46(30)36(25)27)37-39(45)44-40-38(43-37)41-26-15-5-7-20-31(26)47-32-21-10-22-33(48-40)35(32)41/h1-22H. The van der Waals surface area contributed by atoms with Crippen molar-refractivity contribution < 1.29 is 9.47 Å². The second-order valence-corrected chi connectivity index (χ2v) is 12.9. The van der Waals surface area contributed by atoms with Crippen LogP contribution in [-0.4, -0.2) is 28.0 Å². The van der Waals surface area contributed by atoms with Crippen LogP contribution in [0.5, 0.6) is 23.1 Å². The third kappa shape index (κ3) is 2.97. The normalized spacial score (nSPS) is 14.0. The van der Waals surface area contributed by atoms with Gasteiger partial charge in [0.1, 0.15) is 17.2 Å². The van der Waals surface area contributed by atoms with Crippen molar-refractivity contribution in [2.45, 2.75) is 0 Å². The lowest BCUT2D eigenvalue weighted by Crippen LogP contribution is -2.65. The average Bonchev–Trinajstić information content (AvgIpc) is 3.48. The molecule has 4 aliphatic heterocycles. The topological polar surface area (TPSA) is 52.4 Å². The highest BCUT2D eigenvalue weighted by Crippen LogP contribution is 2.41. The number of hydrogen-bond donors (Lipinski definition) is 0. The van der Waals surface area contributed by atoms with E-state index in [1.54, 1.807) is 0 Å². The maximum atomic E-state index is 6.65. The number of anilines is 3. The summed E-state index contributed by atoms with van der Waals surface area (Å²) in [5.74, 6) is 3.71. The summed E-state index contributed by atoms with van der Waals surface area (Å²) >= 11 is 0. The van der Waals surface area contributed by atoms with Gasteiger partial charge < -0.3 is 14.0 Å². The van der Waals surface area contributed by atoms with E-state index >= 15 is 0 Å². The van der Waals surface area contributed by atoms with E-state index in [9.17, 15) is 0 Å². The van der Waals surface area contributed by atoms with Crippen LogP contribution in [0.3, 0.4) is 0 Å². The van der Waals surface area contributed by atoms with Gasteiger partial charge in [-0.15, -0.1) is 0 Å². The number of fused-ring (bicyclic) bond motifs is 11. The molecule has 0 amide bonds. The average molecular weight is 612 g/mol. The van der Waals surface area contributed by atoms with Crippen molar-refractivity contribution in [3.8, 4) is 28.8 Å². The Morgan fingerprint density at radius 3 is 2.12 bits per heavy atom. The van der Waals surface area contributed by atoms with Crippen LogP contribution >= 0.6 is 0 Å². The molecule has 220 valence electrons. The van der Waals surface area contributed by atoms with Crippen molar-refractivity contribution in [1.82, 2.24) is 14.5 Å². The highest BCUT2D eigenvalue weighted by molar-refractivity contribution is 7.01. The maximum Gasteiger partial charge on any atom is 0.286 e. The number of benzene rings is 6. The second-order valence-electron chi connectivity index (χ2n) is 12.9. The smallest absolute Gasteiger partial charge is 0.286 e. The lowest BCUT2D eigenvalue weighted by molar-refractivity contribution is 0.452. The van der Waals surface area contributed by atoms with Crippen molar-refractivity contribution in [3.63, 3.8) is 0 Å². The largest absolute Gasteiger partial charge is 0.458 e. The molecule has 6 aromatic carbocycles. The fourth-order valence-electron chi connectivity index (χ4n) is 8.67. The molecule has 0 atom stereocenters. The second kappa shape index (κ2) is 8.75. The minimum absolute atomic E-state index is 0.129. The van der Waals surface area contributed by atoms with E-state index in [0.717, 1.165) is 56.6 Å². The maximum absolute atomic E-state index is 6.65. The molecular formula is C40H22B2N4O2. The molecule has 0 unspecified atom stereocenters. The molecule has 0 N–H and O–H groups in total. The predicted molar refractivity (Wildman–Crippen MR) is 193 cm³/mol. The molecule has 6 heterocycles. The molecule has 4 aliphatic rings. The van der Waals surface area contributed by atoms with Gasteiger partial charge in [-0.3, -0.25) is 9.88 Å². The van der Waals surface area contributed by atoms with E-state index in [4.69, 9.17) is 19.4 Å². The Kier molecular flexibility index (Phi) is 4.54. The van der Waals surface area contributed by atoms with Gasteiger partial charge in [0.25, 0.3) is 13.4 Å². The molecule has 0 saturated heterocycles. The molecule has 0 bridgehead atoms. The van der Waals surface area contributed by atoms with Crippen molar-refractivity contribution in [3.05, 3.63) is 133 Å². The number of ether oxygens (including phenoxy) is 2. The molecule has 0 spiro atoms. The molecule has 0 radical (unpaired) electrons. The van der Waals surface area contributed by atoms with E-state index in [2.05, 4.69) is 113 Å². The molecule has 8 aromatic rings. The van der Waals surface area contributed by atoms with E-state index < -0.39 is 0 Å². The highest BCUT2D eigenvalue weighted by Gasteiger charge is 2.47.